The Morgan fingerprint density at radius 3 is 2.33 bits per heavy atom. The highest BCUT2D eigenvalue weighted by Gasteiger charge is 2.35. The number of benzene rings is 2. The SMILES string of the molecule is CCO[C@@H]1C[C@@H](c2ccc(Cl)cc2)c2c(C)nn(-c3ccc(Cl)cc3)c2O1. The summed E-state index contributed by atoms with van der Waals surface area (Å²) in [6.45, 7) is 4.57. The summed E-state index contributed by atoms with van der Waals surface area (Å²) in [6, 6.07) is 15.5. The second-order valence-corrected chi connectivity index (χ2v) is 7.41. The van der Waals surface area contributed by atoms with Gasteiger partial charge in [-0.2, -0.15) is 5.10 Å². The van der Waals surface area contributed by atoms with Crippen LogP contribution in [0, 0.1) is 6.92 Å². The molecule has 27 heavy (non-hydrogen) atoms. The number of rotatable bonds is 4. The fourth-order valence-electron chi connectivity index (χ4n) is 3.56. The number of hydrogen-bond donors (Lipinski definition) is 0. The first kappa shape index (κ1) is 18.4. The summed E-state index contributed by atoms with van der Waals surface area (Å²) in [5.74, 6) is 0.850. The molecule has 0 spiro atoms. The van der Waals surface area contributed by atoms with Gasteiger partial charge < -0.3 is 9.47 Å². The molecule has 2 heterocycles. The van der Waals surface area contributed by atoms with Gasteiger partial charge in [-0.25, -0.2) is 4.68 Å². The quantitative estimate of drug-likeness (QED) is 0.555. The van der Waals surface area contributed by atoms with Gasteiger partial charge in [-0.05, 0) is 55.8 Å². The minimum Gasteiger partial charge on any atom is -0.447 e. The minimum atomic E-state index is -0.328. The van der Waals surface area contributed by atoms with Crippen LogP contribution in [0.1, 0.15) is 36.1 Å². The number of nitrogens with zero attached hydrogens (tertiary/aromatic N) is 2. The topological polar surface area (TPSA) is 36.3 Å². The van der Waals surface area contributed by atoms with Gasteiger partial charge in [0.25, 0.3) is 0 Å². The maximum Gasteiger partial charge on any atom is 0.223 e. The van der Waals surface area contributed by atoms with Crippen LogP contribution in [-0.2, 0) is 4.74 Å². The van der Waals surface area contributed by atoms with E-state index in [2.05, 4.69) is 12.1 Å². The molecule has 2 atom stereocenters. The maximum atomic E-state index is 6.20. The molecule has 3 aromatic rings. The smallest absolute Gasteiger partial charge is 0.223 e. The van der Waals surface area contributed by atoms with Gasteiger partial charge in [0.15, 0.2) is 0 Å². The van der Waals surface area contributed by atoms with Crippen molar-refractivity contribution in [3.8, 4) is 11.6 Å². The molecule has 4 rings (SSSR count). The van der Waals surface area contributed by atoms with E-state index in [9.17, 15) is 0 Å². The molecule has 1 aliphatic rings. The van der Waals surface area contributed by atoms with Gasteiger partial charge in [-0.3, -0.25) is 0 Å². The lowest BCUT2D eigenvalue weighted by molar-refractivity contribution is -0.0927. The molecule has 0 saturated carbocycles. The molecule has 0 unspecified atom stereocenters. The average Bonchev–Trinajstić information content (AvgIpc) is 2.99. The number of halogens is 2. The zero-order valence-electron chi connectivity index (χ0n) is 15.2. The molecule has 0 bridgehead atoms. The maximum absolute atomic E-state index is 6.20. The highest BCUT2D eigenvalue weighted by Crippen LogP contribution is 2.43. The zero-order valence-corrected chi connectivity index (χ0v) is 16.7. The summed E-state index contributed by atoms with van der Waals surface area (Å²) in [5, 5.41) is 6.15. The summed E-state index contributed by atoms with van der Waals surface area (Å²) in [5.41, 5.74) is 4.10. The van der Waals surface area contributed by atoms with Crippen LogP contribution in [0.3, 0.4) is 0 Å². The average molecular weight is 403 g/mol. The van der Waals surface area contributed by atoms with Crippen molar-refractivity contribution >= 4 is 23.2 Å². The lowest BCUT2D eigenvalue weighted by Gasteiger charge is -2.31. The highest BCUT2D eigenvalue weighted by molar-refractivity contribution is 6.30. The first-order chi connectivity index (χ1) is 13.1. The Morgan fingerprint density at radius 2 is 1.70 bits per heavy atom. The molecule has 2 aromatic carbocycles. The molecule has 140 valence electrons. The van der Waals surface area contributed by atoms with Gasteiger partial charge >= 0.3 is 0 Å². The van der Waals surface area contributed by atoms with Crippen molar-refractivity contribution in [2.45, 2.75) is 32.5 Å². The summed E-state index contributed by atoms with van der Waals surface area (Å²) in [6.07, 6.45) is 0.403. The third-order valence-corrected chi connectivity index (χ3v) is 5.28. The van der Waals surface area contributed by atoms with Crippen LogP contribution < -0.4 is 4.74 Å². The third kappa shape index (κ3) is 3.57. The van der Waals surface area contributed by atoms with E-state index >= 15 is 0 Å². The van der Waals surface area contributed by atoms with E-state index in [1.807, 2.05) is 54.9 Å². The Morgan fingerprint density at radius 1 is 1.07 bits per heavy atom. The van der Waals surface area contributed by atoms with Crippen molar-refractivity contribution in [1.29, 1.82) is 0 Å². The Labute approximate surface area is 168 Å². The third-order valence-electron chi connectivity index (χ3n) is 4.78. The van der Waals surface area contributed by atoms with Crippen molar-refractivity contribution in [3.05, 3.63) is 75.4 Å². The van der Waals surface area contributed by atoms with Gasteiger partial charge in [0.05, 0.1) is 11.4 Å². The van der Waals surface area contributed by atoms with Crippen molar-refractivity contribution in [3.63, 3.8) is 0 Å². The first-order valence-corrected chi connectivity index (χ1v) is 9.71. The van der Waals surface area contributed by atoms with Gasteiger partial charge in [-0.1, -0.05) is 35.3 Å². The minimum absolute atomic E-state index is 0.128. The lowest BCUT2D eigenvalue weighted by atomic mass is 9.87. The fourth-order valence-corrected chi connectivity index (χ4v) is 3.81. The Balaban J connectivity index is 1.83. The van der Waals surface area contributed by atoms with Crippen LogP contribution >= 0.6 is 23.2 Å². The molecule has 0 aliphatic carbocycles. The summed E-state index contributed by atoms with van der Waals surface area (Å²) >= 11 is 12.1. The second-order valence-electron chi connectivity index (χ2n) is 6.54. The first-order valence-electron chi connectivity index (χ1n) is 8.96. The van der Waals surface area contributed by atoms with Crippen LogP contribution in [0.5, 0.6) is 5.88 Å². The van der Waals surface area contributed by atoms with Crippen LogP contribution in [0.2, 0.25) is 10.0 Å². The van der Waals surface area contributed by atoms with Crippen molar-refractivity contribution < 1.29 is 9.47 Å². The number of aryl methyl sites for hydroxylation is 1. The van der Waals surface area contributed by atoms with E-state index in [-0.39, 0.29) is 12.2 Å². The predicted octanol–water partition coefficient (Wildman–Crippen LogP) is 5.76. The standard InChI is InChI=1S/C21H20Cl2N2O2/c1-3-26-19-12-18(14-4-6-15(22)7-5-14)20-13(2)24-25(21(20)27-19)17-10-8-16(23)9-11-17/h4-11,18-19H,3,12H2,1-2H3/t18-,19-/m0/s1. The molecule has 4 nitrogen and oxygen atoms in total. The monoisotopic (exact) mass is 402 g/mol. The molecule has 1 aromatic heterocycles. The highest BCUT2D eigenvalue weighted by atomic mass is 35.5. The molecule has 0 saturated heterocycles. The van der Waals surface area contributed by atoms with E-state index in [4.69, 9.17) is 37.8 Å². The normalized spacial score (nSPS) is 18.8. The lowest BCUT2D eigenvalue weighted by Crippen LogP contribution is -2.29. The van der Waals surface area contributed by atoms with Crippen molar-refractivity contribution in [1.82, 2.24) is 9.78 Å². The fraction of sp³-hybridized carbons (Fsp3) is 0.286. The molecule has 6 heteroatoms. The van der Waals surface area contributed by atoms with Crippen LogP contribution in [0.15, 0.2) is 48.5 Å². The van der Waals surface area contributed by atoms with Gasteiger partial charge in [0.2, 0.25) is 12.2 Å². The van der Waals surface area contributed by atoms with Crippen LogP contribution in [-0.4, -0.2) is 22.7 Å². The molecule has 1 aliphatic heterocycles. The van der Waals surface area contributed by atoms with Crippen molar-refractivity contribution in [2.75, 3.05) is 6.61 Å². The largest absolute Gasteiger partial charge is 0.447 e. The van der Waals surface area contributed by atoms with E-state index in [1.165, 1.54) is 5.56 Å². The Kier molecular flexibility index (Phi) is 5.13. The van der Waals surface area contributed by atoms with E-state index in [0.29, 0.717) is 11.6 Å². The predicted molar refractivity (Wildman–Crippen MR) is 107 cm³/mol. The zero-order chi connectivity index (χ0) is 19.0. The molecule has 0 radical (unpaired) electrons. The summed E-state index contributed by atoms with van der Waals surface area (Å²) in [7, 11) is 0. The number of hydrogen-bond acceptors (Lipinski definition) is 3. The molecule has 0 amide bonds. The second kappa shape index (κ2) is 7.55. The molecular weight excluding hydrogens is 383 g/mol. The molecule has 0 fully saturated rings. The van der Waals surface area contributed by atoms with Crippen molar-refractivity contribution in [2.24, 2.45) is 0 Å². The van der Waals surface area contributed by atoms with E-state index < -0.39 is 0 Å². The van der Waals surface area contributed by atoms with Crippen LogP contribution in [0.4, 0.5) is 0 Å². The van der Waals surface area contributed by atoms with Crippen LogP contribution in [0.25, 0.3) is 5.69 Å². The van der Waals surface area contributed by atoms with E-state index in [1.54, 1.807) is 0 Å². The Bertz CT molecular complexity index is 936. The Hall–Kier alpha value is -2.01. The van der Waals surface area contributed by atoms with Gasteiger partial charge in [0, 0.05) is 34.6 Å². The summed E-state index contributed by atoms with van der Waals surface area (Å²) < 4.78 is 13.9. The molecule has 0 N–H and O–H groups in total. The van der Waals surface area contributed by atoms with Gasteiger partial charge in [0.1, 0.15) is 0 Å². The van der Waals surface area contributed by atoms with E-state index in [0.717, 1.165) is 34.3 Å². The number of fused-ring (bicyclic) bond motifs is 1. The summed E-state index contributed by atoms with van der Waals surface area (Å²) in [4.78, 5) is 0. The number of ether oxygens (including phenoxy) is 2. The number of aromatic nitrogens is 2. The molecular formula is C21H20Cl2N2O2. The van der Waals surface area contributed by atoms with Gasteiger partial charge in [-0.15, -0.1) is 0 Å².